The summed E-state index contributed by atoms with van der Waals surface area (Å²) in [6, 6.07) is 2.07. The molecule has 3 atom stereocenters. The smallest absolute Gasteiger partial charge is 0.414 e. The normalized spacial score (nSPS) is 25.4. The van der Waals surface area contributed by atoms with Crippen molar-refractivity contribution in [2.75, 3.05) is 36.0 Å². The summed E-state index contributed by atoms with van der Waals surface area (Å²) in [6.45, 7) is 6.02. The van der Waals surface area contributed by atoms with Crippen LogP contribution in [0.1, 0.15) is 20.8 Å². The van der Waals surface area contributed by atoms with Gasteiger partial charge >= 0.3 is 12.2 Å². The Morgan fingerprint density at radius 1 is 1.17 bits per heavy atom. The van der Waals surface area contributed by atoms with E-state index in [1.165, 1.54) is 0 Å². The molecule has 2 aliphatic heterocycles. The molecule has 4 rings (SSSR count). The number of cyclic esters (lactones) is 1. The zero-order valence-corrected chi connectivity index (χ0v) is 20.8. The third-order valence-corrected chi connectivity index (χ3v) is 6.48. The van der Waals surface area contributed by atoms with Gasteiger partial charge in [-0.3, -0.25) is 9.69 Å². The number of hydrogen-bond acceptors (Lipinski definition) is 6. The number of alkyl halides is 2. The Bertz CT molecular complexity index is 1000. The van der Waals surface area contributed by atoms with E-state index >= 15 is 0 Å². The summed E-state index contributed by atoms with van der Waals surface area (Å²) < 4.78 is 40.4. The number of carbonyl (C=O) groups is 3. The summed E-state index contributed by atoms with van der Waals surface area (Å²) in [5, 5.41) is 5.24. The monoisotopic (exact) mass is 534 g/mol. The van der Waals surface area contributed by atoms with Gasteiger partial charge in [-0.05, 0) is 20.8 Å². The summed E-state index contributed by atoms with van der Waals surface area (Å²) >= 11 is 10.9. The van der Waals surface area contributed by atoms with E-state index in [0.717, 1.165) is 17.0 Å². The molecule has 3 amide bonds. The Balaban J connectivity index is 1.35. The lowest BCUT2D eigenvalue weighted by Crippen LogP contribution is -2.38. The number of anilines is 2. The predicted octanol–water partition coefficient (Wildman–Crippen LogP) is 3.17. The van der Waals surface area contributed by atoms with Gasteiger partial charge in [-0.1, -0.05) is 23.2 Å². The van der Waals surface area contributed by atoms with Crippen molar-refractivity contribution in [3.8, 4) is 0 Å². The summed E-state index contributed by atoms with van der Waals surface area (Å²) in [4.78, 5) is 37.1. The SMILES string of the molecule is CC(C)(C)OC(=O)NC1C2CN(c3c(F)cc(N4CC(CNC(=O)C(Cl)Cl)OC4=O)cc3F)CC21. The average Bonchev–Trinajstić information content (AvgIpc) is 3.06. The molecule has 35 heavy (non-hydrogen) atoms. The van der Waals surface area contributed by atoms with Crippen LogP contribution in [-0.2, 0) is 14.3 Å². The molecule has 1 aromatic rings. The van der Waals surface area contributed by atoms with E-state index in [1.54, 1.807) is 25.7 Å². The van der Waals surface area contributed by atoms with Crippen LogP contribution in [0.3, 0.4) is 0 Å². The minimum Gasteiger partial charge on any atom is -0.444 e. The van der Waals surface area contributed by atoms with Gasteiger partial charge in [0.2, 0.25) is 0 Å². The van der Waals surface area contributed by atoms with Crippen molar-refractivity contribution < 1.29 is 32.6 Å². The molecule has 1 saturated carbocycles. The molecule has 0 spiro atoms. The third kappa shape index (κ3) is 5.66. The topological polar surface area (TPSA) is 100 Å². The van der Waals surface area contributed by atoms with Crippen LogP contribution in [0.15, 0.2) is 12.1 Å². The van der Waals surface area contributed by atoms with Crippen LogP contribution in [0.4, 0.5) is 29.7 Å². The van der Waals surface area contributed by atoms with Crippen molar-refractivity contribution in [1.29, 1.82) is 0 Å². The van der Waals surface area contributed by atoms with Crippen molar-refractivity contribution in [1.82, 2.24) is 10.6 Å². The fourth-order valence-electron chi connectivity index (χ4n) is 4.51. The number of hydrogen-bond donors (Lipinski definition) is 2. The lowest BCUT2D eigenvalue weighted by molar-refractivity contribution is -0.119. The van der Waals surface area contributed by atoms with Gasteiger partial charge in [-0.25, -0.2) is 18.4 Å². The zero-order chi connectivity index (χ0) is 25.7. The third-order valence-electron chi connectivity index (χ3n) is 6.08. The number of nitrogens with zero attached hydrogens (tertiary/aromatic N) is 2. The molecular weight excluding hydrogens is 509 g/mol. The Hall–Kier alpha value is -2.53. The highest BCUT2D eigenvalue weighted by atomic mass is 35.5. The second-order valence-corrected chi connectivity index (χ2v) is 10.9. The van der Waals surface area contributed by atoms with Crippen LogP contribution in [0, 0.1) is 23.5 Å². The lowest BCUT2D eigenvalue weighted by Gasteiger charge is -2.25. The van der Waals surface area contributed by atoms with Crippen LogP contribution < -0.4 is 20.4 Å². The van der Waals surface area contributed by atoms with Gasteiger partial charge in [0, 0.05) is 43.1 Å². The Labute approximate surface area is 211 Å². The second-order valence-electron chi connectivity index (χ2n) is 9.82. The molecule has 192 valence electrons. The fraction of sp³-hybridized carbons (Fsp3) is 0.591. The first-order chi connectivity index (χ1) is 16.3. The predicted molar refractivity (Wildman–Crippen MR) is 125 cm³/mol. The van der Waals surface area contributed by atoms with Crippen molar-refractivity contribution in [2.24, 2.45) is 11.8 Å². The largest absolute Gasteiger partial charge is 0.444 e. The van der Waals surface area contributed by atoms with E-state index in [2.05, 4.69) is 10.6 Å². The second kappa shape index (κ2) is 9.50. The number of ether oxygens (including phenoxy) is 2. The summed E-state index contributed by atoms with van der Waals surface area (Å²) in [7, 11) is 0. The number of fused-ring (bicyclic) bond motifs is 1. The van der Waals surface area contributed by atoms with Crippen molar-refractivity contribution in [3.05, 3.63) is 23.8 Å². The highest BCUT2D eigenvalue weighted by Gasteiger charge is 2.57. The maximum absolute atomic E-state index is 15.0. The lowest BCUT2D eigenvalue weighted by atomic mass is 10.2. The van der Waals surface area contributed by atoms with Crippen molar-refractivity contribution in [2.45, 2.75) is 43.4 Å². The molecule has 0 bridgehead atoms. The molecule has 3 aliphatic rings. The van der Waals surface area contributed by atoms with Crippen molar-refractivity contribution in [3.63, 3.8) is 0 Å². The van der Waals surface area contributed by atoms with E-state index in [4.69, 9.17) is 32.7 Å². The molecule has 2 heterocycles. The van der Waals surface area contributed by atoms with E-state index in [1.807, 2.05) is 0 Å². The molecular formula is C22H26Cl2F2N4O5. The van der Waals surface area contributed by atoms with Crippen LogP contribution in [0.25, 0.3) is 0 Å². The Kier molecular flexibility index (Phi) is 6.93. The summed E-state index contributed by atoms with van der Waals surface area (Å²) in [6.07, 6.45) is -2.03. The number of amides is 3. The molecule has 9 nitrogen and oxygen atoms in total. The number of alkyl carbamates (subject to hydrolysis) is 1. The quantitative estimate of drug-likeness (QED) is 0.543. The first-order valence-corrected chi connectivity index (χ1v) is 12.0. The molecule has 0 radical (unpaired) electrons. The molecule has 3 unspecified atom stereocenters. The fourth-order valence-corrected chi connectivity index (χ4v) is 4.66. The van der Waals surface area contributed by atoms with E-state index < -0.39 is 46.3 Å². The number of carbonyl (C=O) groups excluding carboxylic acids is 3. The van der Waals surface area contributed by atoms with Gasteiger partial charge in [-0.15, -0.1) is 0 Å². The summed E-state index contributed by atoms with van der Waals surface area (Å²) in [5.74, 6) is -2.11. The maximum Gasteiger partial charge on any atom is 0.414 e. The molecule has 2 saturated heterocycles. The number of rotatable bonds is 6. The van der Waals surface area contributed by atoms with Gasteiger partial charge in [-0.2, -0.15) is 0 Å². The molecule has 1 aliphatic carbocycles. The van der Waals surface area contributed by atoms with Crippen LogP contribution >= 0.6 is 23.2 Å². The minimum atomic E-state index is -1.26. The van der Waals surface area contributed by atoms with Crippen molar-refractivity contribution >= 4 is 52.7 Å². The highest BCUT2D eigenvalue weighted by Crippen LogP contribution is 2.48. The van der Waals surface area contributed by atoms with Gasteiger partial charge in [0.1, 0.15) is 17.4 Å². The highest BCUT2D eigenvalue weighted by molar-refractivity contribution is 6.53. The molecule has 0 aromatic heterocycles. The first-order valence-electron chi connectivity index (χ1n) is 11.1. The number of nitrogens with one attached hydrogen (secondary N) is 2. The molecule has 3 fully saturated rings. The van der Waals surface area contributed by atoms with E-state index in [0.29, 0.717) is 13.1 Å². The molecule has 13 heteroatoms. The standard InChI is InChI=1S/C22H26Cl2F2N4O5/c1-22(2,3)35-20(32)28-16-12-8-29(9-13(12)16)17-14(25)4-10(5-15(17)26)30-7-11(34-21(30)33)6-27-19(31)18(23)24/h4-5,11-13,16,18H,6-9H2,1-3H3,(H,27,31)(H,28,32). The minimum absolute atomic E-state index is 0.00367. The Morgan fingerprint density at radius 2 is 1.77 bits per heavy atom. The summed E-state index contributed by atoms with van der Waals surface area (Å²) in [5.41, 5.74) is -0.783. The first kappa shape index (κ1) is 25.6. The van der Waals surface area contributed by atoms with Crippen LogP contribution in [0.5, 0.6) is 0 Å². The van der Waals surface area contributed by atoms with Gasteiger partial charge in [0.15, 0.2) is 16.5 Å². The van der Waals surface area contributed by atoms with Gasteiger partial charge < -0.3 is 25.0 Å². The number of benzene rings is 1. The van der Waals surface area contributed by atoms with Crippen LogP contribution in [-0.4, -0.2) is 66.9 Å². The average molecular weight is 535 g/mol. The number of halogens is 4. The zero-order valence-electron chi connectivity index (χ0n) is 19.3. The van der Waals surface area contributed by atoms with E-state index in [-0.39, 0.29) is 42.3 Å². The van der Waals surface area contributed by atoms with Gasteiger partial charge in [0.05, 0.1) is 18.8 Å². The maximum atomic E-state index is 15.0. The van der Waals surface area contributed by atoms with E-state index in [9.17, 15) is 23.2 Å². The molecule has 2 N–H and O–H groups in total. The van der Waals surface area contributed by atoms with Crippen LogP contribution in [0.2, 0.25) is 0 Å². The Morgan fingerprint density at radius 3 is 2.31 bits per heavy atom. The van der Waals surface area contributed by atoms with Gasteiger partial charge in [0.25, 0.3) is 5.91 Å². The molecule has 1 aromatic carbocycles. The number of piperidine rings is 1.